The molecule has 2 aromatic heterocycles. The molecule has 9 heteroatoms. The molecule has 0 radical (unpaired) electrons. The van der Waals surface area contributed by atoms with Gasteiger partial charge in [0.2, 0.25) is 5.91 Å². The lowest BCUT2D eigenvalue weighted by atomic mass is 9.93. The fourth-order valence-corrected chi connectivity index (χ4v) is 4.22. The van der Waals surface area contributed by atoms with E-state index in [1.54, 1.807) is 6.33 Å². The maximum Gasteiger partial charge on any atom is 0.309 e. The van der Waals surface area contributed by atoms with Crippen LogP contribution in [-0.4, -0.2) is 69.5 Å². The number of carbonyl (C=O) groups is 2. The number of amides is 1. The van der Waals surface area contributed by atoms with Crippen molar-refractivity contribution in [1.82, 2.24) is 24.8 Å². The molecule has 1 atom stereocenters. The summed E-state index contributed by atoms with van der Waals surface area (Å²) in [7, 11) is 0. The number of hydrogen-bond acceptors (Lipinski definition) is 7. The van der Waals surface area contributed by atoms with Gasteiger partial charge in [-0.05, 0) is 32.6 Å². The number of esters is 1. The molecule has 2 saturated heterocycles. The van der Waals surface area contributed by atoms with E-state index in [-0.39, 0.29) is 23.7 Å². The molecule has 4 heterocycles. The van der Waals surface area contributed by atoms with Crippen molar-refractivity contribution in [2.24, 2.45) is 11.8 Å². The Morgan fingerprint density at radius 1 is 1.14 bits per heavy atom. The monoisotopic (exact) mass is 386 g/mol. The Kier molecular flexibility index (Phi) is 5.40. The molecular weight excluding hydrogens is 360 g/mol. The number of aromatic amines is 1. The quantitative estimate of drug-likeness (QED) is 0.791. The number of rotatable bonds is 4. The third kappa shape index (κ3) is 3.65. The minimum absolute atomic E-state index is 0.0548. The molecule has 0 spiro atoms. The summed E-state index contributed by atoms with van der Waals surface area (Å²) < 4.78 is 5.12. The molecular formula is C19H26N6O3. The van der Waals surface area contributed by atoms with Crippen LogP contribution in [0.5, 0.6) is 0 Å². The van der Waals surface area contributed by atoms with E-state index in [0.29, 0.717) is 44.7 Å². The van der Waals surface area contributed by atoms with Gasteiger partial charge in [0.25, 0.3) is 0 Å². The Labute approximate surface area is 163 Å². The Morgan fingerprint density at radius 3 is 2.75 bits per heavy atom. The van der Waals surface area contributed by atoms with Crippen LogP contribution in [-0.2, 0) is 14.3 Å². The fourth-order valence-electron chi connectivity index (χ4n) is 4.22. The van der Waals surface area contributed by atoms with Crippen LogP contribution in [0.15, 0.2) is 12.7 Å². The second-order valence-electron chi connectivity index (χ2n) is 7.44. The van der Waals surface area contributed by atoms with Crippen LogP contribution in [0.3, 0.4) is 0 Å². The summed E-state index contributed by atoms with van der Waals surface area (Å²) in [5, 5.41) is 0. The highest BCUT2D eigenvalue weighted by atomic mass is 16.5. The predicted molar refractivity (Wildman–Crippen MR) is 103 cm³/mol. The Balaban J connectivity index is 1.39. The largest absolute Gasteiger partial charge is 0.466 e. The molecule has 150 valence electrons. The second-order valence-corrected chi connectivity index (χ2v) is 7.44. The number of ether oxygens (including phenoxy) is 1. The molecule has 0 aromatic carbocycles. The molecule has 0 aliphatic carbocycles. The number of nitrogens with zero attached hydrogens (tertiary/aromatic N) is 5. The third-order valence-electron chi connectivity index (χ3n) is 5.70. The summed E-state index contributed by atoms with van der Waals surface area (Å²) in [6.07, 6.45) is 6.32. The number of fused-ring (bicyclic) bond motifs is 1. The Bertz CT molecular complexity index is 845. The molecule has 2 aromatic rings. The number of aromatic nitrogens is 4. The zero-order valence-electron chi connectivity index (χ0n) is 16.1. The van der Waals surface area contributed by atoms with Gasteiger partial charge in [0, 0.05) is 26.2 Å². The smallest absolute Gasteiger partial charge is 0.309 e. The van der Waals surface area contributed by atoms with E-state index in [0.717, 1.165) is 30.7 Å². The highest BCUT2D eigenvalue weighted by Crippen LogP contribution is 2.28. The first kappa shape index (κ1) is 18.6. The molecule has 1 N–H and O–H groups in total. The summed E-state index contributed by atoms with van der Waals surface area (Å²) in [4.78, 5) is 44.9. The van der Waals surface area contributed by atoms with Crippen molar-refractivity contribution >= 4 is 28.9 Å². The zero-order valence-corrected chi connectivity index (χ0v) is 16.1. The van der Waals surface area contributed by atoms with Crippen LogP contribution in [0.1, 0.15) is 32.6 Å². The number of piperidine rings is 2. The number of likely N-dealkylation sites (tertiary alicyclic amines) is 1. The minimum Gasteiger partial charge on any atom is -0.466 e. The predicted octanol–water partition coefficient (Wildman–Crippen LogP) is 1.37. The highest BCUT2D eigenvalue weighted by Gasteiger charge is 2.34. The van der Waals surface area contributed by atoms with Crippen LogP contribution in [0.2, 0.25) is 0 Å². The average Bonchev–Trinajstić information content (AvgIpc) is 3.22. The van der Waals surface area contributed by atoms with Crippen molar-refractivity contribution in [1.29, 1.82) is 0 Å². The maximum absolute atomic E-state index is 13.1. The van der Waals surface area contributed by atoms with E-state index in [4.69, 9.17) is 4.74 Å². The van der Waals surface area contributed by atoms with Gasteiger partial charge in [-0.15, -0.1) is 0 Å². The normalized spacial score (nSPS) is 21.1. The van der Waals surface area contributed by atoms with Crippen LogP contribution < -0.4 is 4.90 Å². The van der Waals surface area contributed by atoms with Crippen LogP contribution in [0, 0.1) is 11.8 Å². The lowest BCUT2D eigenvalue weighted by molar-refractivity contribution is -0.151. The fraction of sp³-hybridized carbons (Fsp3) is 0.632. The molecule has 28 heavy (non-hydrogen) atoms. The highest BCUT2D eigenvalue weighted by molar-refractivity contribution is 5.84. The third-order valence-corrected chi connectivity index (χ3v) is 5.70. The van der Waals surface area contributed by atoms with Gasteiger partial charge in [-0.1, -0.05) is 0 Å². The molecule has 2 aliphatic rings. The number of imidazole rings is 1. The molecule has 4 rings (SSSR count). The molecule has 9 nitrogen and oxygen atoms in total. The number of nitrogens with one attached hydrogen (secondary N) is 1. The van der Waals surface area contributed by atoms with Gasteiger partial charge in [0.05, 0.1) is 24.8 Å². The van der Waals surface area contributed by atoms with Crippen molar-refractivity contribution in [3.05, 3.63) is 12.7 Å². The van der Waals surface area contributed by atoms with Gasteiger partial charge >= 0.3 is 5.97 Å². The van der Waals surface area contributed by atoms with Gasteiger partial charge in [0.15, 0.2) is 11.5 Å². The summed E-state index contributed by atoms with van der Waals surface area (Å²) in [6, 6.07) is 0. The molecule has 0 unspecified atom stereocenters. The summed E-state index contributed by atoms with van der Waals surface area (Å²) in [5.41, 5.74) is 1.45. The zero-order chi connectivity index (χ0) is 19.5. The van der Waals surface area contributed by atoms with Crippen molar-refractivity contribution in [2.75, 3.05) is 37.7 Å². The van der Waals surface area contributed by atoms with Crippen molar-refractivity contribution < 1.29 is 14.3 Å². The summed E-state index contributed by atoms with van der Waals surface area (Å²) >= 11 is 0. The van der Waals surface area contributed by atoms with Gasteiger partial charge in [0.1, 0.15) is 11.8 Å². The van der Waals surface area contributed by atoms with Crippen molar-refractivity contribution in [2.45, 2.75) is 32.6 Å². The van der Waals surface area contributed by atoms with Crippen LogP contribution >= 0.6 is 0 Å². The first-order chi connectivity index (χ1) is 13.7. The van der Waals surface area contributed by atoms with E-state index < -0.39 is 0 Å². The molecule has 0 saturated carbocycles. The molecule has 2 fully saturated rings. The first-order valence-corrected chi connectivity index (χ1v) is 10.0. The molecule has 1 amide bonds. The summed E-state index contributed by atoms with van der Waals surface area (Å²) in [5.74, 6) is 0.719. The van der Waals surface area contributed by atoms with Crippen LogP contribution in [0.4, 0.5) is 5.82 Å². The van der Waals surface area contributed by atoms with Gasteiger partial charge in [-0.2, -0.15) is 0 Å². The Hall–Kier alpha value is -2.71. The second kappa shape index (κ2) is 8.12. The maximum atomic E-state index is 13.1. The number of carbonyl (C=O) groups excluding carboxylic acids is 2. The summed E-state index contributed by atoms with van der Waals surface area (Å²) in [6.45, 7) is 4.97. The van der Waals surface area contributed by atoms with Gasteiger partial charge in [-0.25, -0.2) is 15.0 Å². The molecule has 2 aliphatic heterocycles. The first-order valence-electron chi connectivity index (χ1n) is 10.0. The SMILES string of the molecule is CCOC(=O)C1CCN(C(=O)[C@H]2CCCN(c3ncnc4nc[nH]c34)C2)CC1. The van der Waals surface area contributed by atoms with E-state index in [9.17, 15) is 9.59 Å². The standard InChI is InChI=1S/C19H26N6O3/c1-2-28-19(27)13-5-8-24(9-6-13)18(26)14-4-3-7-25(10-14)17-15-16(21-11-20-15)22-12-23-17/h11-14H,2-10H2,1H3,(H,20,21,22,23)/t14-/m0/s1. The number of anilines is 1. The lowest BCUT2D eigenvalue weighted by Gasteiger charge is -2.37. The van der Waals surface area contributed by atoms with E-state index in [1.807, 2.05) is 11.8 Å². The lowest BCUT2D eigenvalue weighted by Crippen LogP contribution is -2.48. The van der Waals surface area contributed by atoms with E-state index >= 15 is 0 Å². The van der Waals surface area contributed by atoms with Crippen LogP contribution in [0.25, 0.3) is 11.2 Å². The van der Waals surface area contributed by atoms with E-state index in [1.165, 1.54) is 6.33 Å². The van der Waals surface area contributed by atoms with Gasteiger partial charge < -0.3 is 19.5 Å². The van der Waals surface area contributed by atoms with E-state index in [2.05, 4.69) is 24.8 Å². The topological polar surface area (TPSA) is 104 Å². The van der Waals surface area contributed by atoms with Gasteiger partial charge in [-0.3, -0.25) is 9.59 Å². The number of hydrogen-bond donors (Lipinski definition) is 1. The average molecular weight is 386 g/mol. The molecule has 0 bridgehead atoms. The number of H-pyrrole nitrogens is 1. The minimum atomic E-state index is -0.134. The Morgan fingerprint density at radius 2 is 1.96 bits per heavy atom. The van der Waals surface area contributed by atoms with Crippen molar-refractivity contribution in [3.8, 4) is 0 Å². The van der Waals surface area contributed by atoms with Crippen molar-refractivity contribution in [3.63, 3.8) is 0 Å².